The van der Waals surface area contributed by atoms with Crippen LogP contribution in [-0.2, 0) is 17.6 Å². The number of nitrogens with one attached hydrogen (secondary N) is 1. The predicted octanol–water partition coefficient (Wildman–Crippen LogP) is 5.68. The first-order chi connectivity index (χ1) is 19.6. The van der Waals surface area contributed by atoms with Crippen LogP contribution in [0.5, 0.6) is 11.5 Å². The lowest BCUT2D eigenvalue weighted by molar-refractivity contribution is -0.120. The molecule has 1 amide bonds. The number of nitrogens with zero attached hydrogens (tertiary/aromatic N) is 3. The van der Waals surface area contributed by atoms with Crippen LogP contribution in [0.3, 0.4) is 0 Å². The number of ketones is 1. The molecule has 208 valence electrons. The fourth-order valence-electron chi connectivity index (χ4n) is 5.34. The number of carbonyl (C=O) groups is 2. The number of methoxy groups -OCH3 is 2. The average Bonchev–Trinajstić information content (AvgIpc) is 3.77. The highest BCUT2D eigenvalue weighted by molar-refractivity contribution is 7.09. The highest BCUT2D eigenvalue weighted by atomic mass is 32.1. The molecule has 1 N–H and O–H groups in total. The second kappa shape index (κ2) is 12.9. The van der Waals surface area contributed by atoms with Crippen molar-refractivity contribution in [2.45, 2.75) is 57.0 Å². The first kappa shape index (κ1) is 27.6. The molecule has 5 rings (SSSR count). The lowest BCUT2D eigenvalue weighted by atomic mass is 10.0. The molecule has 1 aliphatic carbocycles. The van der Waals surface area contributed by atoms with Gasteiger partial charge in [0.2, 0.25) is 0 Å². The van der Waals surface area contributed by atoms with E-state index in [0.29, 0.717) is 24.3 Å². The van der Waals surface area contributed by atoms with E-state index in [4.69, 9.17) is 14.6 Å². The lowest BCUT2D eigenvalue weighted by Crippen LogP contribution is -2.42. The topological polar surface area (TPSA) is 95.3 Å². The van der Waals surface area contributed by atoms with E-state index in [0.717, 1.165) is 47.5 Å². The lowest BCUT2D eigenvalue weighted by Gasteiger charge is -2.18. The third-order valence-corrected chi connectivity index (χ3v) is 8.17. The molecule has 4 aromatic rings. The van der Waals surface area contributed by atoms with Gasteiger partial charge in [-0.1, -0.05) is 49.2 Å². The smallest absolute Gasteiger partial charge is 0.272 e. The fraction of sp³-hybridized carbons (Fsp3) is 0.355. The zero-order valence-electron chi connectivity index (χ0n) is 22.8. The summed E-state index contributed by atoms with van der Waals surface area (Å²) in [6, 6.07) is 16.9. The van der Waals surface area contributed by atoms with E-state index in [2.05, 4.69) is 10.3 Å². The Morgan fingerprint density at radius 2 is 1.77 bits per heavy atom. The quantitative estimate of drug-likeness (QED) is 0.240. The fourth-order valence-corrected chi connectivity index (χ4v) is 5.96. The van der Waals surface area contributed by atoms with E-state index >= 15 is 0 Å². The number of thiazole rings is 1. The molecule has 8 nitrogen and oxygen atoms in total. The van der Waals surface area contributed by atoms with Crippen molar-refractivity contribution in [1.29, 1.82) is 0 Å². The zero-order valence-corrected chi connectivity index (χ0v) is 23.7. The van der Waals surface area contributed by atoms with Gasteiger partial charge in [-0.25, -0.2) is 4.98 Å². The van der Waals surface area contributed by atoms with E-state index in [-0.39, 0.29) is 29.8 Å². The van der Waals surface area contributed by atoms with Crippen molar-refractivity contribution in [2.75, 3.05) is 14.2 Å². The Kier molecular flexibility index (Phi) is 8.91. The molecular formula is C31H34N4O4S. The third kappa shape index (κ3) is 6.25. The van der Waals surface area contributed by atoms with Gasteiger partial charge in [-0.15, -0.1) is 11.3 Å². The molecule has 1 fully saturated rings. The van der Waals surface area contributed by atoms with Crippen LogP contribution in [0.2, 0.25) is 0 Å². The number of amides is 1. The molecule has 0 saturated heterocycles. The maximum Gasteiger partial charge on any atom is 0.272 e. The Balaban J connectivity index is 1.45. The summed E-state index contributed by atoms with van der Waals surface area (Å²) in [5, 5.41) is 10.4. The number of Topliss-reactive ketones (excluding diaryl/α,β-unsaturated/α-hetero) is 1. The molecule has 1 atom stereocenters. The van der Waals surface area contributed by atoms with Crippen LogP contribution >= 0.6 is 11.3 Å². The number of rotatable bonds is 12. The minimum atomic E-state index is -0.669. The van der Waals surface area contributed by atoms with Gasteiger partial charge in [0, 0.05) is 11.6 Å². The van der Waals surface area contributed by atoms with Gasteiger partial charge in [-0.2, -0.15) is 5.10 Å². The van der Waals surface area contributed by atoms with Crippen LogP contribution in [0.4, 0.5) is 0 Å². The Bertz CT molecular complexity index is 1410. The summed E-state index contributed by atoms with van der Waals surface area (Å²) in [4.78, 5) is 31.3. The van der Waals surface area contributed by atoms with E-state index in [1.165, 1.54) is 11.3 Å². The van der Waals surface area contributed by atoms with Gasteiger partial charge in [0.1, 0.15) is 11.5 Å². The summed E-state index contributed by atoms with van der Waals surface area (Å²) in [6.07, 6.45) is 7.21. The first-order valence-electron chi connectivity index (χ1n) is 13.6. The molecule has 0 unspecified atom stereocenters. The minimum Gasteiger partial charge on any atom is -0.496 e. The summed E-state index contributed by atoms with van der Waals surface area (Å²) >= 11 is 1.44. The number of hydrogen-bond donors (Lipinski definition) is 1. The molecule has 2 aromatic carbocycles. The van der Waals surface area contributed by atoms with Crippen LogP contribution < -0.4 is 14.8 Å². The first-order valence-corrected chi connectivity index (χ1v) is 14.5. The zero-order chi connectivity index (χ0) is 27.9. The monoisotopic (exact) mass is 558 g/mol. The summed E-state index contributed by atoms with van der Waals surface area (Å²) < 4.78 is 13.3. The van der Waals surface area contributed by atoms with Gasteiger partial charge in [-0.05, 0) is 49.4 Å². The number of carbonyl (C=O) groups excluding carboxylic acids is 2. The highest BCUT2D eigenvalue weighted by Crippen LogP contribution is 2.41. The Labute approximate surface area is 238 Å². The summed E-state index contributed by atoms with van der Waals surface area (Å²) in [5.74, 6) is 0.841. The number of aryl methyl sites for hydroxylation is 1. The Morgan fingerprint density at radius 3 is 2.42 bits per heavy atom. The maximum atomic E-state index is 13.7. The van der Waals surface area contributed by atoms with Crippen molar-refractivity contribution >= 4 is 23.0 Å². The molecule has 1 aliphatic rings. The van der Waals surface area contributed by atoms with Crippen molar-refractivity contribution in [3.05, 3.63) is 82.4 Å². The normalized spacial score (nSPS) is 14.2. The van der Waals surface area contributed by atoms with Crippen molar-refractivity contribution < 1.29 is 19.1 Å². The summed E-state index contributed by atoms with van der Waals surface area (Å²) in [5.41, 5.74) is 2.90. The van der Waals surface area contributed by atoms with E-state index < -0.39 is 6.04 Å². The SMILES string of the molecule is COc1cccc(OC)c1-c1cc(C(=O)N[C@@H](CCc2ccccc2)C(=O)Cc2nccs2)nn1C1CCCC1. The van der Waals surface area contributed by atoms with E-state index in [1.807, 2.05) is 58.6 Å². The third-order valence-electron chi connectivity index (χ3n) is 7.39. The average molecular weight is 559 g/mol. The molecule has 0 bridgehead atoms. The van der Waals surface area contributed by atoms with E-state index in [9.17, 15) is 9.59 Å². The number of ether oxygens (including phenoxy) is 2. The standard InChI is InChI=1S/C31H34N4O4S/c1-38-27-13-8-14-28(39-2)30(27)25-19-24(34-35(25)22-11-6-7-12-22)31(37)33-23(16-15-21-9-4-3-5-10-21)26(36)20-29-32-17-18-40-29/h3-5,8-10,13-14,17-19,22-23H,6-7,11-12,15-16,20H2,1-2H3,(H,33,37)/t23-/m0/s1. The van der Waals surface area contributed by atoms with Gasteiger partial charge in [-0.3, -0.25) is 14.3 Å². The second-order valence-corrected chi connectivity index (χ2v) is 10.9. The van der Waals surface area contributed by atoms with Crippen LogP contribution in [0.1, 0.15) is 59.2 Å². The molecule has 9 heteroatoms. The molecule has 0 aliphatic heterocycles. The molecule has 0 radical (unpaired) electrons. The van der Waals surface area contributed by atoms with Crippen LogP contribution in [-0.4, -0.2) is 46.7 Å². The van der Waals surface area contributed by atoms with Crippen molar-refractivity contribution in [3.8, 4) is 22.8 Å². The molecule has 1 saturated carbocycles. The largest absolute Gasteiger partial charge is 0.496 e. The summed E-state index contributed by atoms with van der Waals surface area (Å²) in [6.45, 7) is 0. The second-order valence-electron chi connectivity index (χ2n) is 9.95. The van der Waals surface area contributed by atoms with Crippen LogP contribution in [0.25, 0.3) is 11.3 Å². The molecule has 2 aromatic heterocycles. The van der Waals surface area contributed by atoms with Crippen molar-refractivity contribution in [3.63, 3.8) is 0 Å². The van der Waals surface area contributed by atoms with Crippen LogP contribution in [0, 0.1) is 0 Å². The summed E-state index contributed by atoms with van der Waals surface area (Å²) in [7, 11) is 3.24. The number of aromatic nitrogens is 3. The predicted molar refractivity (Wildman–Crippen MR) is 155 cm³/mol. The molecule has 0 spiro atoms. The van der Waals surface area contributed by atoms with Crippen LogP contribution in [0.15, 0.2) is 66.2 Å². The van der Waals surface area contributed by atoms with Gasteiger partial charge < -0.3 is 14.8 Å². The van der Waals surface area contributed by atoms with Gasteiger partial charge in [0.25, 0.3) is 5.91 Å². The van der Waals surface area contributed by atoms with Gasteiger partial charge in [0.05, 0.1) is 49.0 Å². The van der Waals surface area contributed by atoms with Gasteiger partial charge >= 0.3 is 0 Å². The van der Waals surface area contributed by atoms with Crippen molar-refractivity contribution in [2.24, 2.45) is 0 Å². The number of benzene rings is 2. The van der Waals surface area contributed by atoms with Gasteiger partial charge in [0.15, 0.2) is 11.5 Å². The molecular weight excluding hydrogens is 524 g/mol. The van der Waals surface area contributed by atoms with E-state index in [1.54, 1.807) is 26.5 Å². The molecule has 2 heterocycles. The highest BCUT2D eigenvalue weighted by Gasteiger charge is 2.29. The maximum absolute atomic E-state index is 13.7. The number of hydrogen-bond acceptors (Lipinski definition) is 7. The Morgan fingerprint density at radius 1 is 1.05 bits per heavy atom. The van der Waals surface area contributed by atoms with Crippen molar-refractivity contribution in [1.82, 2.24) is 20.1 Å². The Hall–Kier alpha value is -3.98. The molecule has 40 heavy (non-hydrogen) atoms. The minimum absolute atomic E-state index is 0.0684.